The van der Waals surface area contributed by atoms with Gasteiger partial charge in [0, 0.05) is 12.5 Å². The molecule has 0 aliphatic rings. The maximum absolute atomic E-state index is 12.0. The van der Waals surface area contributed by atoms with Crippen molar-refractivity contribution in [1.29, 1.82) is 0 Å². The number of rotatable bonds is 6. The van der Waals surface area contributed by atoms with Crippen LogP contribution < -0.4 is 5.32 Å². The third-order valence-corrected chi connectivity index (χ3v) is 3.22. The van der Waals surface area contributed by atoms with Crippen LogP contribution in [0.5, 0.6) is 0 Å². The maximum Gasteiger partial charge on any atom is 0.244 e. The average Bonchev–Trinajstić information content (AvgIpc) is 3.06. The normalized spacial score (nSPS) is 13.9. The number of carbonyl (C=O) groups is 1. The van der Waals surface area contributed by atoms with Crippen LogP contribution >= 0.6 is 0 Å². The van der Waals surface area contributed by atoms with Gasteiger partial charge in [0.1, 0.15) is 30.2 Å². The lowest BCUT2D eigenvalue weighted by atomic mass is 10.1. The maximum atomic E-state index is 12.0. The van der Waals surface area contributed by atoms with Crippen molar-refractivity contribution in [1.82, 2.24) is 20.1 Å². The molecule has 0 aliphatic heterocycles. The van der Waals surface area contributed by atoms with E-state index in [0.717, 1.165) is 24.4 Å². The molecule has 2 heterocycles. The number of hydrogen-bond donors (Lipinski definition) is 1. The smallest absolute Gasteiger partial charge is 0.244 e. The monoisotopic (exact) mass is 276 g/mol. The second-order valence-electron chi connectivity index (χ2n) is 5.01. The van der Waals surface area contributed by atoms with E-state index in [9.17, 15) is 4.79 Å². The third kappa shape index (κ3) is 3.69. The van der Waals surface area contributed by atoms with Crippen molar-refractivity contribution in [3.8, 4) is 0 Å². The molecule has 6 heteroatoms. The van der Waals surface area contributed by atoms with Gasteiger partial charge in [-0.1, -0.05) is 0 Å². The first-order valence-electron chi connectivity index (χ1n) is 6.76. The van der Waals surface area contributed by atoms with E-state index >= 15 is 0 Å². The fourth-order valence-electron chi connectivity index (χ4n) is 1.95. The van der Waals surface area contributed by atoms with Gasteiger partial charge in [-0.2, -0.15) is 5.10 Å². The van der Waals surface area contributed by atoms with E-state index in [1.807, 2.05) is 26.0 Å². The zero-order valence-corrected chi connectivity index (χ0v) is 12.0. The van der Waals surface area contributed by atoms with Crippen molar-refractivity contribution in [3.05, 3.63) is 36.3 Å². The van der Waals surface area contributed by atoms with E-state index in [4.69, 9.17) is 4.42 Å². The summed E-state index contributed by atoms with van der Waals surface area (Å²) in [5.74, 6) is 1.81. The van der Waals surface area contributed by atoms with Gasteiger partial charge in [-0.3, -0.25) is 4.79 Å². The molecule has 2 aromatic rings. The number of nitrogens with one attached hydrogen (secondary N) is 1. The Morgan fingerprint density at radius 1 is 1.45 bits per heavy atom. The second-order valence-corrected chi connectivity index (χ2v) is 5.01. The van der Waals surface area contributed by atoms with Crippen molar-refractivity contribution in [3.63, 3.8) is 0 Å². The number of aryl methyl sites for hydroxylation is 2. The number of carbonyl (C=O) groups excluding carboxylic acids is 1. The average molecular weight is 276 g/mol. The fourth-order valence-corrected chi connectivity index (χ4v) is 1.95. The highest BCUT2D eigenvalue weighted by Crippen LogP contribution is 2.10. The third-order valence-electron chi connectivity index (χ3n) is 3.22. The van der Waals surface area contributed by atoms with Crippen LogP contribution in [0.1, 0.15) is 37.8 Å². The summed E-state index contributed by atoms with van der Waals surface area (Å²) in [5, 5.41) is 6.95. The summed E-state index contributed by atoms with van der Waals surface area (Å²) < 4.78 is 7.05. The van der Waals surface area contributed by atoms with Crippen LogP contribution in [-0.4, -0.2) is 26.7 Å². The first-order valence-corrected chi connectivity index (χ1v) is 6.76. The minimum Gasteiger partial charge on any atom is -0.466 e. The van der Waals surface area contributed by atoms with Crippen LogP contribution in [0.15, 0.2) is 29.2 Å². The van der Waals surface area contributed by atoms with Gasteiger partial charge >= 0.3 is 0 Å². The van der Waals surface area contributed by atoms with Gasteiger partial charge in [0.15, 0.2) is 0 Å². The van der Waals surface area contributed by atoms with Gasteiger partial charge in [0.2, 0.25) is 5.91 Å². The fraction of sp³-hybridized carbons (Fsp3) is 0.500. The molecule has 0 fully saturated rings. The van der Waals surface area contributed by atoms with Crippen molar-refractivity contribution in [2.45, 2.75) is 45.7 Å². The summed E-state index contributed by atoms with van der Waals surface area (Å²) in [6.07, 6.45) is 4.61. The van der Waals surface area contributed by atoms with Gasteiger partial charge in [0.05, 0.1) is 0 Å². The van der Waals surface area contributed by atoms with E-state index in [2.05, 4.69) is 15.4 Å². The summed E-state index contributed by atoms with van der Waals surface area (Å²) in [4.78, 5) is 15.9. The van der Waals surface area contributed by atoms with E-state index in [0.29, 0.717) is 0 Å². The predicted octanol–water partition coefficient (Wildman–Crippen LogP) is 1.88. The molecule has 0 spiro atoms. The Kier molecular flexibility index (Phi) is 4.55. The summed E-state index contributed by atoms with van der Waals surface area (Å²) in [5.41, 5.74) is 0. The topological polar surface area (TPSA) is 73.0 Å². The van der Waals surface area contributed by atoms with Crippen LogP contribution in [0.4, 0.5) is 0 Å². The highest BCUT2D eigenvalue weighted by atomic mass is 16.3. The lowest BCUT2D eigenvalue weighted by molar-refractivity contribution is -0.124. The van der Waals surface area contributed by atoms with Crippen LogP contribution in [0, 0.1) is 6.92 Å². The van der Waals surface area contributed by atoms with Gasteiger partial charge in [-0.25, -0.2) is 9.67 Å². The number of amides is 1. The molecule has 20 heavy (non-hydrogen) atoms. The minimum atomic E-state index is -0.356. The number of furan rings is 1. The first-order chi connectivity index (χ1) is 9.56. The van der Waals surface area contributed by atoms with Crippen molar-refractivity contribution in [2.24, 2.45) is 0 Å². The lowest BCUT2D eigenvalue weighted by Crippen LogP contribution is -2.37. The summed E-state index contributed by atoms with van der Waals surface area (Å²) in [6, 6.07) is 3.65. The molecule has 0 aliphatic carbocycles. The highest BCUT2D eigenvalue weighted by Gasteiger charge is 2.17. The molecule has 0 saturated heterocycles. The Morgan fingerprint density at radius 3 is 2.85 bits per heavy atom. The molecule has 0 saturated carbocycles. The molecule has 0 aromatic carbocycles. The Hall–Kier alpha value is -2.11. The predicted molar refractivity (Wildman–Crippen MR) is 74.1 cm³/mol. The lowest BCUT2D eigenvalue weighted by Gasteiger charge is -2.17. The molecule has 108 valence electrons. The Balaban J connectivity index is 1.79. The molecule has 0 bridgehead atoms. The van der Waals surface area contributed by atoms with E-state index in [1.165, 1.54) is 11.0 Å². The molecule has 2 aromatic heterocycles. The van der Waals surface area contributed by atoms with E-state index in [1.54, 1.807) is 13.3 Å². The summed E-state index contributed by atoms with van der Waals surface area (Å²) in [6.45, 7) is 5.71. The highest BCUT2D eigenvalue weighted by molar-refractivity contribution is 5.79. The van der Waals surface area contributed by atoms with Crippen molar-refractivity contribution in [2.75, 3.05) is 0 Å². The molecular formula is C14H20N4O2. The molecule has 1 amide bonds. The summed E-state index contributed by atoms with van der Waals surface area (Å²) >= 11 is 0. The van der Waals surface area contributed by atoms with Gasteiger partial charge in [-0.15, -0.1) is 0 Å². The molecular weight excluding hydrogens is 256 g/mol. The molecule has 2 unspecified atom stereocenters. The second kappa shape index (κ2) is 6.36. The Morgan fingerprint density at radius 2 is 2.25 bits per heavy atom. The van der Waals surface area contributed by atoms with Gasteiger partial charge in [-0.05, 0) is 39.3 Å². The molecule has 6 nitrogen and oxygen atoms in total. The Labute approximate surface area is 118 Å². The zero-order chi connectivity index (χ0) is 14.5. The quantitative estimate of drug-likeness (QED) is 0.874. The van der Waals surface area contributed by atoms with Gasteiger partial charge in [0.25, 0.3) is 0 Å². The number of hydrogen-bond acceptors (Lipinski definition) is 4. The van der Waals surface area contributed by atoms with Gasteiger partial charge < -0.3 is 9.73 Å². The Bertz CT molecular complexity index is 547. The minimum absolute atomic E-state index is 0.0568. The molecule has 1 N–H and O–H groups in total. The van der Waals surface area contributed by atoms with Crippen molar-refractivity contribution < 1.29 is 9.21 Å². The summed E-state index contributed by atoms with van der Waals surface area (Å²) in [7, 11) is 0. The standard InChI is InChI=1S/C14H20N4O2/c1-10(4-6-13-7-5-11(2)20-13)17-14(19)12(3)18-9-15-8-16-18/h5,7-10,12H,4,6H2,1-3H3,(H,17,19). The van der Waals surface area contributed by atoms with Crippen LogP contribution in [-0.2, 0) is 11.2 Å². The first kappa shape index (κ1) is 14.3. The zero-order valence-electron chi connectivity index (χ0n) is 12.0. The van der Waals surface area contributed by atoms with Crippen LogP contribution in [0.3, 0.4) is 0 Å². The molecule has 2 atom stereocenters. The van der Waals surface area contributed by atoms with Crippen molar-refractivity contribution >= 4 is 5.91 Å². The van der Waals surface area contributed by atoms with E-state index < -0.39 is 0 Å². The SMILES string of the molecule is Cc1ccc(CCC(C)NC(=O)C(C)n2cncn2)o1. The number of nitrogens with zero attached hydrogens (tertiary/aromatic N) is 3. The van der Waals surface area contributed by atoms with E-state index in [-0.39, 0.29) is 18.0 Å². The largest absolute Gasteiger partial charge is 0.466 e. The molecule has 2 rings (SSSR count). The van der Waals surface area contributed by atoms with Crippen LogP contribution in [0.2, 0.25) is 0 Å². The molecule has 0 radical (unpaired) electrons. The number of aromatic nitrogens is 3. The van der Waals surface area contributed by atoms with Crippen LogP contribution in [0.25, 0.3) is 0 Å².